The second kappa shape index (κ2) is 4.52. The van der Waals surface area contributed by atoms with E-state index in [1.165, 1.54) is 4.70 Å². The zero-order valence-electron chi connectivity index (χ0n) is 7.84. The van der Waals surface area contributed by atoms with Crippen molar-refractivity contribution in [2.45, 2.75) is 0 Å². The van der Waals surface area contributed by atoms with E-state index in [-0.39, 0.29) is 6.54 Å². The average Bonchev–Trinajstić information content (AvgIpc) is 2.73. The van der Waals surface area contributed by atoms with Gasteiger partial charge in [0.15, 0.2) is 0 Å². The molecule has 0 amide bonds. The number of fused-ring (bicyclic) bond motifs is 1. The molecule has 0 atom stereocenters. The summed E-state index contributed by atoms with van der Waals surface area (Å²) >= 11 is 1.70. The number of benzene rings is 1. The van der Waals surface area contributed by atoms with Gasteiger partial charge in [0.2, 0.25) is 0 Å². The quantitative estimate of drug-likeness (QED) is 0.301. The summed E-state index contributed by atoms with van der Waals surface area (Å²) in [6.07, 6.45) is 0. The number of hydrogen-bond donors (Lipinski definition) is 0. The summed E-state index contributed by atoms with van der Waals surface area (Å²) in [4.78, 5) is 2.64. The zero-order chi connectivity index (χ0) is 10.5. The van der Waals surface area contributed by atoms with Gasteiger partial charge < -0.3 is 0 Å². The lowest BCUT2D eigenvalue weighted by molar-refractivity contribution is 1.25. The van der Waals surface area contributed by atoms with Crippen molar-refractivity contribution in [3.05, 3.63) is 45.7 Å². The first kappa shape index (κ1) is 9.60. The fraction of sp³-hybridized carbons (Fsp3) is 0.0909. The average molecular weight is 213 g/mol. The molecule has 0 unspecified atom stereocenters. The molecule has 1 aromatic heterocycles. The number of nitrogens with zero attached hydrogens (tertiary/aromatic N) is 3. The van der Waals surface area contributed by atoms with Crippen molar-refractivity contribution < 1.29 is 0 Å². The minimum atomic E-state index is 0.219. The highest BCUT2D eigenvalue weighted by atomic mass is 32.1. The van der Waals surface area contributed by atoms with Crippen molar-refractivity contribution in [3.63, 3.8) is 0 Å². The molecular formula is C11H7N3S. The van der Waals surface area contributed by atoms with Crippen LogP contribution in [-0.2, 0) is 0 Å². The first-order valence-corrected chi connectivity index (χ1v) is 5.26. The summed E-state index contributed by atoms with van der Waals surface area (Å²) < 4.78 is 1.23. The van der Waals surface area contributed by atoms with E-state index in [9.17, 15) is 0 Å². The lowest BCUT2D eigenvalue weighted by Crippen LogP contribution is -1.75. The van der Waals surface area contributed by atoms with Crippen LogP contribution in [0.3, 0.4) is 0 Å². The van der Waals surface area contributed by atoms with Crippen LogP contribution in [0.1, 0.15) is 5.56 Å². The molecule has 0 radical (unpaired) electrons. The van der Waals surface area contributed by atoms with E-state index in [0.29, 0.717) is 0 Å². The molecule has 2 aromatic rings. The maximum atomic E-state index is 8.09. The van der Waals surface area contributed by atoms with Crippen LogP contribution in [0.5, 0.6) is 0 Å². The molecule has 0 spiro atoms. The fourth-order valence-corrected chi connectivity index (χ4v) is 2.12. The predicted octanol–water partition coefficient (Wildman–Crippen LogP) is 3.56. The molecule has 0 N–H and O–H groups in total. The molecule has 0 saturated heterocycles. The number of azide groups is 1. The molecule has 0 aliphatic carbocycles. The monoisotopic (exact) mass is 213 g/mol. The molecule has 0 aliphatic heterocycles. The Morgan fingerprint density at radius 1 is 1.40 bits per heavy atom. The maximum Gasteiger partial charge on any atom is 0.0880 e. The van der Waals surface area contributed by atoms with E-state index in [0.717, 1.165) is 10.9 Å². The molecule has 3 nitrogen and oxygen atoms in total. The molecule has 2 rings (SSSR count). The van der Waals surface area contributed by atoms with E-state index in [4.69, 9.17) is 5.53 Å². The first-order chi connectivity index (χ1) is 7.42. The van der Waals surface area contributed by atoms with Gasteiger partial charge in [-0.2, -0.15) is 0 Å². The number of hydrogen-bond acceptors (Lipinski definition) is 2. The highest BCUT2D eigenvalue weighted by Crippen LogP contribution is 2.23. The van der Waals surface area contributed by atoms with Crippen molar-refractivity contribution in [1.29, 1.82) is 0 Å². The van der Waals surface area contributed by atoms with Gasteiger partial charge in [-0.15, -0.1) is 11.3 Å². The molecule has 1 aromatic carbocycles. The number of rotatable bonds is 1. The third-order valence-corrected chi connectivity index (χ3v) is 2.81. The van der Waals surface area contributed by atoms with Crippen LogP contribution in [0.25, 0.3) is 20.5 Å². The van der Waals surface area contributed by atoms with E-state index in [2.05, 4.69) is 34.0 Å². The van der Waals surface area contributed by atoms with E-state index in [1.807, 2.05) is 17.5 Å². The van der Waals surface area contributed by atoms with Crippen molar-refractivity contribution in [2.24, 2.45) is 5.11 Å². The summed E-state index contributed by atoms with van der Waals surface area (Å²) in [7, 11) is 0. The highest BCUT2D eigenvalue weighted by Gasteiger charge is 1.97. The molecular weight excluding hydrogens is 206 g/mol. The van der Waals surface area contributed by atoms with Crippen molar-refractivity contribution in [2.75, 3.05) is 6.54 Å². The van der Waals surface area contributed by atoms with Gasteiger partial charge in [0.05, 0.1) is 6.54 Å². The molecule has 0 bridgehead atoms. The SMILES string of the molecule is [N-]=[N+]=NCC#Cc1cccc2sccc12. The molecule has 0 aliphatic rings. The summed E-state index contributed by atoms with van der Waals surface area (Å²) in [5.74, 6) is 5.82. The Kier molecular flexibility index (Phi) is 2.89. The Labute approximate surface area is 91.0 Å². The number of thiophene rings is 1. The predicted molar refractivity (Wildman–Crippen MR) is 62.7 cm³/mol. The van der Waals surface area contributed by atoms with Gasteiger partial charge in [-0.25, -0.2) is 0 Å². The van der Waals surface area contributed by atoms with Crippen molar-refractivity contribution in [1.82, 2.24) is 0 Å². The first-order valence-electron chi connectivity index (χ1n) is 4.38. The summed E-state index contributed by atoms with van der Waals surface area (Å²) in [6.45, 7) is 0.219. The van der Waals surface area contributed by atoms with E-state index >= 15 is 0 Å². The Bertz CT molecular complexity index is 582. The van der Waals surface area contributed by atoms with Crippen LogP contribution in [0.15, 0.2) is 34.8 Å². The summed E-state index contributed by atoms with van der Waals surface area (Å²) in [5, 5.41) is 6.57. The molecule has 0 saturated carbocycles. The van der Waals surface area contributed by atoms with Gasteiger partial charge >= 0.3 is 0 Å². The van der Waals surface area contributed by atoms with Crippen LogP contribution >= 0.6 is 11.3 Å². The van der Waals surface area contributed by atoms with Gasteiger partial charge in [-0.05, 0) is 29.1 Å². The Morgan fingerprint density at radius 2 is 2.33 bits per heavy atom. The molecule has 1 heterocycles. The fourth-order valence-electron chi connectivity index (χ4n) is 1.30. The lowest BCUT2D eigenvalue weighted by Gasteiger charge is -1.92. The van der Waals surface area contributed by atoms with Crippen LogP contribution in [0.2, 0.25) is 0 Å². The maximum absolute atomic E-state index is 8.09. The van der Waals surface area contributed by atoms with Gasteiger partial charge in [0, 0.05) is 20.6 Å². The van der Waals surface area contributed by atoms with Gasteiger partial charge in [-0.1, -0.05) is 23.0 Å². The second-order valence-electron chi connectivity index (χ2n) is 2.83. The standard InChI is InChI=1S/C11H7N3S/c12-14-13-7-2-4-9-3-1-5-11-10(9)6-8-15-11/h1,3,5-6,8H,7H2. The smallest absolute Gasteiger partial charge is 0.0880 e. The van der Waals surface area contributed by atoms with Crippen molar-refractivity contribution in [3.8, 4) is 11.8 Å². The molecule has 15 heavy (non-hydrogen) atoms. The molecule has 4 heteroatoms. The minimum Gasteiger partial charge on any atom is -0.144 e. The minimum absolute atomic E-state index is 0.219. The summed E-state index contributed by atoms with van der Waals surface area (Å²) in [5.41, 5.74) is 9.08. The molecule has 72 valence electrons. The summed E-state index contributed by atoms with van der Waals surface area (Å²) in [6, 6.07) is 8.07. The van der Waals surface area contributed by atoms with E-state index < -0.39 is 0 Å². The Hall–Kier alpha value is -1.95. The van der Waals surface area contributed by atoms with Gasteiger partial charge in [0.1, 0.15) is 0 Å². The third kappa shape index (κ3) is 2.10. The molecule has 0 fully saturated rings. The second-order valence-corrected chi connectivity index (χ2v) is 3.78. The van der Waals surface area contributed by atoms with Crippen LogP contribution in [0.4, 0.5) is 0 Å². The largest absolute Gasteiger partial charge is 0.144 e. The van der Waals surface area contributed by atoms with Crippen LogP contribution < -0.4 is 0 Å². The Balaban J connectivity index is 2.37. The van der Waals surface area contributed by atoms with E-state index in [1.54, 1.807) is 11.3 Å². The normalized spacial score (nSPS) is 9.07. The Morgan fingerprint density at radius 3 is 3.20 bits per heavy atom. The van der Waals surface area contributed by atoms with Crippen molar-refractivity contribution >= 4 is 21.4 Å². The topological polar surface area (TPSA) is 48.8 Å². The highest BCUT2D eigenvalue weighted by molar-refractivity contribution is 7.17. The third-order valence-electron chi connectivity index (χ3n) is 1.93. The zero-order valence-corrected chi connectivity index (χ0v) is 8.66. The lowest BCUT2D eigenvalue weighted by atomic mass is 10.1. The van der Waals surface area contributed by atoms with Gasteiger partial charge in [0.25, 0.3) is 0 Å². The van der Waals surface area contributed by atoms with Gasteiger partial charge in [-0.3, -0.25) is 0 Å². The van der Waals surface area contributed by atoms with Crippen LogP contribution in [0, 0.1) is 11.8 Å². The van der Waals surface area contributed by atoms with Crippen LogP contribution in [-0.4, -0.2) is 6.54 Å².